The molecule has 10 rings (SSSR count). The number of nitrogens with zero attached hydrogens (tertiary/aromatic N) is 3. The summed E-state index contributed by atoms with van der Waals surface area (Å²) in [6, 6.07) is 71.1. The van der Waals surface area contributed by atoms with Crippen molar-refractivity contribution in [3.05, 3.63) is 255 Å². The molecule has 0 N–H and O–H groups in total. The molecule has 0 aliphatic rings. The molecule has 0 radical (unpaired) electrons. The Morgan fingerprint density at radius 1 is 0.303 bits per heavy atom. The summed E-state index contributed by atoms with van der Waals surface area (Å²) < 4.78 is 2.49. The van der Waals surface area contributed by atoms with Gasteiger partial charge in [-0.2, -0.15) is 0 Å². The lowest BCUT2D eigenvalue weighted by Gasteiger charge is -2.30. The Morgan fingerprint density at radius 2 is 0.591 bits per heavy atom. The molecular formula is C63H57N3. The summed E-state index contributed by atoms with van der Waals surface area (Å²) in [5.41, 5.74) is 24.9. The van der Waals surface area contributed by atoms with Gasteiger partial charge in [-0.3, -0.25) is 0 Å². The Balaban J connectivity index is 1.22. The Bertz CT molecular complexity index is 3040. The highest BCUT2D eigenvalue weighted by Crippen LogP contribution is 2.46. The van der Waals surface area contributed by atoms with Gasteiger partial charge in [0.25, 0.3) is 0 Å². The van der Waals surface area contributed by atoms with Crippen LogP contribution in [0.15, 0.2) is 194 Å². The molecule has 9 aromatic carbocycles. The van der Waals surface area contributed by atoms with Crippen LogP contribution in [-0.4, -0.2) is 4.57 Å². The monoisotopic (exact) mass is 855 g/mol. The first kappa shape index (κ1) is 42.3. The van der Waals surface area contributed by atoms with Gasteiger partial charge in [-0.05, 0) is 203 Å². The average Bonchev–Trinajstić information content (AvgIpc) is 3.63. The molecule has 1 heterocycles. The maximum atomic E-state index is 2.49. The number of hydrogen-bond acceptors (Lipinski definition) is 2. The maximum Gasteiger partial charge on any atom is 0.0542 e. The Hall–Kier alpha value is -7.62. The van der Waals surface area contributed by atoms with Gasteiger partial charge < -0.3 is 14.4 Å². The number of hydrogen-bond donors (Lipinski definition) is 0. The second-order valence-corrected chi connectivity index (χ2v) is 18.3. The van der Waals surface area contributed by atoms with E-state index in [2.05, 4.69) is 264 Å². The van der Waals surface area contributed by atoms with Gasteiger partial charge in [0.15, 0.2) is 0 Å². The van der Waals surface area contributed by atoms with Crippen molar-refractivity contribution >= 4 is 55.9 Å². The largest absolute Gasteiger partial charge is 0.310 e. The molecule has 0 unspecified atom stereocenters. The van der Waals surface area contributed by atoms with Gasteiger partial charge in [-0.15, -0.1) is 0 Å². The van der Waals surface area contributed by atoms with E-state index in [0.717, 1.165) is 50.8 Å². The van der Waals surface area contributed by atoms with E-state index in [1.54, 1.807) is 0 Å². The molecule has 0 saturated carbocycles. The van der Waals surface area contributed by atoms with Crippen molar-refractivity contribution in [3.63, 3.8) is 0 Å². The minimum absolute atomic E-state index is 0.0902. The van der Waals surface area contributed by atoms with Crippen LogP contribution in [0.25, 0.3) is 27.5 Å². The highest BCUT2D eigenvalue weighted by Gasteiger charge is 2.28. The summed E-state index contributed by atoms with van der Waals surface area (Å²) in [6.45, 7) is 18.3. The number of aromatic nitrogens is 1. The fourth-order valence-electron chi connectivity index (χ4n) is 11.0. The molecule has 3 heteroatoms. The Kier molecular flexibility index (Phi) is 11.2. The van der Waals surface area contributed by atoms with Crippen LogP contribution in [0.2, 0.25) is 0 Å². The van der Waals surface area contributed by atoms with Crippen LogP contribution in [0.4, 0.5) is 34.1 Å². The number of anilines is 6. The molecule has 0 saturated heterocycles. The number of rotatable bonds is 10. The summed E-state index contributed by atoms with van der Waals surface area (Å²) >= 11 is 0. The fourth-order valence-corrected chi connectivity index (χ4v) is 11.0. The Morgan fingerprint density at radius 3 is 0.894 bits per heavy atom. The average molecular weight is 856 g/mol. The predicted octanol–water partition coefficient (Wildman–Crippen LogP) is 17.4. The summed E-state index contributed by atoms with van der Waals surface area (Å²) in [4.78, 5) is 4.72. The lowest BCUT2D eigenvalue weighted by molar-refractivity contribution is 0.897. The van der Waals surface area contributed by atoms with Gasteiger partial charge in [0, 0.05) is 56.5 Å². The van der Waals surface area contributed by atoms with E-state index < -0.39 is 0 Å². The van der Waals surface area contributed by atoms with Crippen LogP contribution in [-0.2, 0) is 0 Å². The van der Waals surface area contributed by atoms with Crippen molar-refractivity contribution in [3.8, 4) is 5.69 Å². The minimum Gasteiger partial charge on any atom is -0.310 e. The molecular weight excluding hydrogens is 799 g/mol. The topological polar surface area (TPSA) is 11.4 Å². The molecule has 0 spiro atoms. The van der Waals surface area contributed by atoms with Crippen LogP contribution in [0.5, 0.6) is 0 Å². The van der Waals surface area contributed by atoms with E-state index in [4.69, 9.17) is 0 Å². The van der Waals surface area contributed by atoms with Crippen molar-refractivity contribution in [2.45, 2.75) is 61.3 Å². The molecule has 0 amide bonds. The van der Waals surface area contributed by atoms with E-state index in [0.29, 0.717) is 0 Å². The number of benzene rings is 9. The smallest absolute Gasteiger partial charge is 0.0542 e. The van der Waals surface area contributed by atoms with Crippen LogP contribution >= 0.6 is 0 Å². The summed E-state index contributed by atoms with van der Waals surface area (Å²) in [5, 5.41) is 2.38. The van der Waals surface area contributed by atoms with E-state index in [1.165, 1.54) is 72.0 Å². The molecule has 0 aliphatic carbocycles. The standard InChI is InChI=1S/C63H57N3/c1-41-33-43(3)60(44(4)34-41)63(61-45(5)35-42(2)36-46(61)6)62-47(7)37-55(38-48(62)8)66-58-31-29-53(64(49-21-13-9-14-22-49)50-23-15-10-16-24-50)39-56(58)57-40-54(30-32-59(57)66)65(51-25-17-11-18-26-51)52-27-19-12-20-28-52/h9-40,63H,1-8H3. The minimum atomic E-state index is 0.0902. The molecule has 10 aromatic rings. The van der Waals surface area contributed by atoms with Crippen molar-refractivity contribution in [1.82, 2.24) is 4.57 Å². The van der Waals surface area contributed by atoms with Gasteiger partial charge in [0.1, 0.15) is 0 Å². The first-order valence-electron chi connectivity index (χ1n) is 23.2. The summed E-state index contributed by atoms with van der Waals surface area (Å²) in [7, 11) is 0. The normalized spacial score (nSPS) is 11.5. The molecule has 0 bridgehead atoms. The van der Waals surface area contributed by atoms with Crippen LogP contribution in [0, 0.1) is 55.4 Å². The highest BCUT2D eigenvalue weighted by atomic mass is 15.1. The van der Waals surface area contributed by atoms with Crippen molar-refractivity contribution in [2.75, 3.05) is 9.80 Å². The number of fused-ring (bicyclic) bond motifs is 3. The molecule has 1 aromatic heterocycles. The second-order valence-electron chi connectivity index (χ2n) is 18.3. The number of aryl methyl sites for hydroxylation is 8. The van der Waals surface area contributed by atoms with Gasteiger partial charge in [-0.1, -0.05) is 108 Å². The third-order valence-electron chi connectivity index (χ3n) is 13.5. The predicted molar refractivity (Wildman–Crippen MR) is 282 cm³/mol. The SMILES string of the molecule is Cc1cc(C)c(C(c2c(C)cc(C)cc2C)c2c(C)cc(-n3c4ccc(N(c5ccccc5)c5ccccc5)cc4c4cc(N(c5ccccc5)c5ccccc5)ccc43)cc2C)c(C)c1. The van der Waals surface area contributed by atoms with Crippen LogP contribution in [0.3, 0.4) is 0 Å². The lowest BCUT2D eigenvalue weighted by atomic mass is 9.74. The third kappa shape index (κ3) is 7.65. The molecule has 0 fully saturated rings. The molecule has 3 nitrogen and oxygen atoms in total. The zero-order valence-electron chi connectivity index (χ0n) is 39.4. The van der Waals surface area contributed by atoms with Crippen LogP contribution in [0.1, 0.15) is 67.1 Å². The first-order valence-corrected chi connectivity index (χ1v) is 23.2. The van der Waals surface area contributed by atoms with Crippen molar-refractivity contribution < 1.29 is 0 Å². The van der Waals surface area contributed by atoms with Crippen molar-refractivity contribution in [1.29, 1.82) is 0 Å². The zero-order valence-corrected chi connectivity index (χ0v) is 39.4. The van der Waals surface area contributed by atoms with E-state index in [-0.39, 0.29) is 5.92 Å². The van der Waals surface area contributed by atoms with Gasteiger partial charge in [-0.25, -0.2) is 0 Å². The van der Waals surface area contributed by atoms with E-state index >= 15 is 0 Å². The first-order chi connectivity index (χ1) is 32.0. The quantitative estimate of drug-likeness (QED) is 0.127. The zero-order chi connectivity index (χ0) is 45.6. The third-order valence-corrected chi connectivity index (χ3v) is 13.5. The highest BCUT2D eigenvalue weighted by molar-refractivity contribution is 6.12. The van der Waals surface area contributed by atoms with Gasteiger partial charge >= 0.3 is 0 Å². The molecule has 324 valence electrons. The summed E-state index contributed by atoms with van der Waals surface area (Å²) in [6.07, 6.45) is 0. The Labute approximate surface area is 390 Å². The van der Waals surface area contributed by atoms with Crippen LogP contribution < -0.4 is 9.80 Å². The van der Waals surface area contributed by atoms with Gasteiger partial charge in [0.05, 0.1) is 11.0 Å². The van der Waals surface area contributed by atoms with Crippen molar-refractivity contribution in [2.24, 2.45) is 0 Å². The molecule has 66 heavy (non-hydrogen) atoms. The lowest BCUT2D eigenvalue weighted by Crippen LogP contribution is -2.14. The second kappa shape index (κ2) is 17.4. The summed E-state index contributed by atoms with van der Waals surface area (Å²) in [5.74, 6) is 0.0902. The van der Waals surface area contributed by atoms with E-state index in [9.17, 15) is 0 Å². The molecule has 0 atom stereocenters. The van der Waals surface area contributed by atoms with E-state index in [1.807, 2.05) is 0 Å². The fraction of sp³-hybridized carbons (Fsp3) is 0.143. The molecule has 0 aliphatic heterocycles. The van der Waals surface area contributed by atoms with Gasteiger partial charge in [0.2, 0.25) is 0 Å². The number of para-hydroxylation sites is 4. The maximum absolute atomic E-state index is 2.49.